The van der Waals surface area contributed by atoms with Gasteiger partial charge in [0.2, 0.25) is 5.88 Å². The summed E-state index contributed by atoms with van der Waals surface area (Å²) in [6, 6.07) is 3.54. The number of rotatable bonds is 3. The van der Waals surface area contributed by atoms with Gasteiger partial charge in [-0.3, -0.25) is 9.36 Å². The molecule has 0 spiro atoms. The second-order valence-electron chi connectivity index (χ2n) is 5.02. The summed E-state index contributed by atoms with van der Waals surface area (Å²) in [7, 11) is 0. The molecule has 0 aliphatic heterocycles. The zero-order chi connectivity index (χ0) is 13.8. The Hall–Kier alpha value is -1.80. The number of hydrogen-bond donors (Lipinski definition) is 2. The fourth-order valence-corrected chi connectivity index (χ4v) is 2.85. The molecule has 1 fully saturated rings. The first-order chi connectivity index (χ1) is 9.19. The van der Waals surface area contributed by atoms with Crippen LogP contribution in [0.5, 0.6) is 5.88 Å². The van der Waals surface area contributed by atoms with E-state index in [1.165, 1.54) is 17.1 Å². The lowest BCUT2D eigenvalue weighted by molar-refractivity contribution is 0.398. The van der Waals surface area contributed by atoms with E-state index in [0.29, 0.717) is 5.56 Å². The van der Waals surface area contributed by atoms with Crippen molar-refractivity contribution in [3.63, 3.8) is 0 Å². The normalized spacial score (nSPS) is 16.2. The molecule has 3 N–H and O–H groups in total. The molecule has 2 rings (SSSR count). The van der Waals surface area contributed by atoms with Gasteiger partial charge in [-0.1, -0.05) is 19.3 Å². The maximum Gasteiger partial charge on any atom is 0.253 e. The number of nitrogens with two attached hydrogens (primary N) is 1. The third-order valence-electron chi connectivity index (χ3n) is 3.82. The van der Waals surface area contributed by atoms with E-state index < -0.39 is 0 Å². The molecular weight excluding hydrogens is 242 g/mol. The highest BCUT2D eigenvalue weighted by Crippen LogP contribution is 2.35. The smallest absolute Gasteiger partial charge is 0.253 e. The van der Waals surface area contributed by atoms with Crippen molar-refractivity contribution < 1.29 is 5.11 Å². The monoisotopic (exact) mass is 261 g/mol. The molecule has 0 atom stereocenters. The zero-order valence-electron chi connectivity index (χ0n) is 10.9. The van der Waals surface area contributed by atoms with Gasteiger partial charge in [0, 0.05) is 19.2 Å². The predicted octanol–water partition coefficient (Wildman–Crippen LogP) is 1.43. The molecule has 1 aliphatic rings. The maximum absolute atomic E-state index is 12.0. The minimum absolute atomic E-state index is 0.217. The highest BCUT2D eigenvalue weighted by atomic mass is 16.3. The van der Waals surface area contributed by atoms with E-state index in [4.69, 9.17) is 5.73 Å². The van der Waals surface area contributed by atoms with Crippen LogP contribution in [0.3, 0.4) is 0 Å². The van der Waals surface area contributed by atoms with Crippen molar-refractivity contribution in [3.8, 4) is 11.9 Å². The first-order valence-corrected chi connectivity index (χ1v) is 6.76. The Labute approximate surface area is 112 Å². The molecule has 1 aromatic rings. The van der Waals surface area contributed by atoms with Crippen LogP contribution in [0.25, 0.3) is 0 Å². The average Bonchev–Trinajstić information content (AvgIpc) is 2.44. The van der Waals surface area contributed by atoms with E-state index >= 15 is 0 Å². The van der Waals surface area contributed by atoms with E-state index in [-0.39, 0.29) is 36.0 Å². The molecule has 1 saturated carbocycles. The van der Waals surface area contributed by atoms with Crippen molar-refractivity contribution in [2.75, 3.05) is 6.54 Å². The summed E-state index contributed by atoms with van der Waals surface area (Å²) in [4.78, 5) is 12.0. The second kappa shape index (κ2) is 5.89. The number of nitriles is 1. The summed E-state index contributed by atoms with van der Waals surface area (Å²) in [5, 5.41) is 19.4. The Balaban J connectivity index is 2.50. The van der Waals surface area contributed by atoms with Gasteiger partial charge in [-0.25, -0.2) is 0 Å². The Morgan fingerprint density at radius 1 is 1.42 bits per heavy atom. The molecule has 0 unspecified atom stereocenters. The largest absolute Gasteiger partial charge is 0.493 e. The fourth-order valence-electron chi connectivity index (χ4n) is 2.85. The lowest BCUT2D eigenvalue weighted by atomic mass is 9.82. The number of nitrogens with zero attached hydrogens (tertiary/aromatic N) is 2. The Morgan fingerprint density at radius 3 is 2.68 bits per heavy atom. The van der Waals surface area contributed by atoms with E-state index in [0.717, 1.165) is 25.7 Å². The molecular formula is C14H19N3O2. The minimum atomic E-state index is -0.275. The van der Waals surface area contributed by atoms with Crippen molar-refractivity contribution in [1.29, 1.82) is 5.26 Å². The molecule has 1 heterocycles. The lowest BCUT2D eigenvalue weighted by Gasteiger charge is -2.23. The van der Waals surface area contributed by atoms with E-state index in [1.54, 1.807) is 0 Å². The number of hydrogen-bond acceptors (Lipinski definition) is 4. The SMILES string of the molecule is N#Cc1c(C2CCCCC2)cc(=O)n(CCN)c1O. The van der Waals surface area contributed by atoms with Crippen LogP contribution in [0.4, 0.5) is 0 Å². The molecule has 1 aliphatic carbocycles. The van der Waals surface area contributed by atoms with E-state index in [2.05, 4.69) is 0 Å². The summed E-state index contributed by atoms with van der Waals surface area (Å²) in [5.41, 5.74) is 6.08. The quantitative estimate of drug-likeness (QED) is 0.861. The molecule has 1 aromatic heterocycles. The van der Waals surface area contributed by atoms with E-state index in [9.17, 15) is 15.2 Å². The van der Waals surface area contributed by atoms with Crippen molar-refractivity contribution in [2.24, 2.45) is 5.73 Å². The van der Waals surface area contributed by atoms with Crippen LogP contribution in [-0.2, 0) is 6.54 Å². The molecule has 0 saturated heterocycles. The first kappa shape index (κ1) is 13.6. The average molecular weight is 261 g/mol. The Bertz CT molecular complexity index is 551. The Kier molecular flexibility index (Phi) is 4.23. The summed E-state index contributed by atoms with van der Waals surface area (Å²) >= 11 is 0. The topological polar surface area (TPSA) is 92.0 Å². The second-order valence-corrected chi connectivity index (χ2v) is 5.02. The van der Waals surface area contributed by atoms with Gasteiger partial charge in [-0.15, -0.1) is 0 Å². The van der Waals surface area contributed by atoms with Crippen LogP contribution < -0.4 is 11.3 Å². The van der Waals surface area contributed by atoms with Gasteiger partial charge in [0.25, 0.3) is 5.56 Å². The van der Waals surface area contributed by atoms with Gasteiger partial charge in [-0.05, 0) is 24.3 Å². The summed E-state index contributed by atoms with van der Waals surface area (Å²) < 4.78 is 1.17. The molecule has 5 nitrogen and oxygen atoms in total. The molecule has 0 radical (unpaired) electrons. The highest BCUT2D eigenvalue weighted by molar-refractivity contribution is 5.46. The van der Waals surface area contributed by atoms with Crippen molar-refractivity contribution in [2.45, 2.75) is 44.6 Å². The predicted molar refractivity (Wildman–Crippen MR) is 72.0 cm³/mol. The van der Waals surface area contributed by atoms with Crippen LogP contribution in [0, 0.1) is 11.3 Å². The standard InChI is InChI=1S/C14H19N3O2/c15-6-7-17-13(18)8-11(12(9-16)14(17)19)10-4-2-1-3-5-10/h8,10,19H,1-7,15H2. The summed E-state index contributed by atoms with van der Waals surface area (Å²) in [5.74, 6) is -0.0180. The lowest BCUT2D eigenvalue weighted by Crippen LogP contribution is -2.25. The molecule has 0 aromatic carbocycles. The van der Waals surface area contributed by atoms with Crippen LogP contribution >= 0.6 is 0 Å². The third kappa shape index (κ3) is 2.64. The van der Waals surface area contributed by atoms with Crippen LogP contribution in [-0.4, -0.2) is 16.2 Å². The number of aromatic nitrogens is 1. The van der Waals surface area contributed by atoms with Crippen LogP contribution in [0.2, 0.25) is 0 Å². The Morgan fingerprint density at radius 2 is 2.11 bits per heavy atom. The first-order valence-electron chi connectivity index (χ1n) is 6.76. The van der Waals surface area contributed by atoms with Gasteiger partial charge in [0.05, 0.1) is 0 Å². The van der Waals surface area contributed by atoms with Gasteiger partial charge < -0.3 is 10.8 Å². The molecule has 19 heavy (non-hydrogen) atoms. The molecule has 102 valence electrons. The van der Waals surface area contributed by atoms with Crippen molar-refractivity contribution in [1.82, 2.24) is 4.57 Å². The maximum atomic E-state index is 12.0. The minimum Gasteiger partial charge on any atom is -0.493 e. The molecule has 5 heteroatoms. The molecule has 0 amide bonds. The number of pyridine rings is 1. The van der Waals surface area contributed by atoms with Gasteiger partial charge in [0.15, 0.2) is 0 Å². The van der Waals surface area contributed by atoms with Crippen LogP contribution in [0.15, 0.2) is 10.9 Å². The third-order valence-corrected chi connectivity index (χ3v) is 3.82. The van der Waals surface area contributed by atoms with Gasteiger partial charge in [-0.2, -0.15) is 5.26 Å². The van der Waals surface area contributed by atoms with Crippen molar-refractivity contribution in [3.05, 3.63) is 27.5 Å². The van der Waals surface area contributed by atoms with Gasteiger partial charge in [0.1, 0.15) is 11.6 Å². The van der Waals surface area contributed by atoms with Crippen molar-refractivity contribution >= 4 is 0 Å². The highest BCUT2D eigenvalue weighted by Gasteiger charge is 2.23. The fraction of sp³-hybridized carbons (Fsp3) is 0.571. The summed E-state index contributed by atoms with van der Waals surface area (Å²) in [6.07, 6.45) is 5.39. The summed E-state index contributed by atoms with van der Waals surface area (Å²) in [6.45, 7) is 0.478. The van der Waals surface area contributed by atoms with E-state index in [1.807, 2.05) is 6.07 Å². The van der Waals surface area contributed by atoms with Gasteiger partial charge >= 0.3 is 0 Å². The van der Waals surface area contributed by atoms with Crippen LogP contribution in [0.1, 0.15) is 49.1 Å². The number of aromatic hydroxyl groups is 1. The molecule has 0 bridgehead atoms. The zero-order valence-corrected chi connectivity index (χ0v) is 10.9.